The van der Waals surface area contributed by atoms with Crippen LogP contribution in [0.3, 0.4) is 0 Å². The van der Waals surface area contributed by atoms with Gasteiger partial charge < -0.3 is 15.6 Å². The number of nitrogens with zero attached hydrogens (tertiary/aromatic N) is 1. The maximum Gasteiger partial charge on any atom is 0.270 e. The molecule has 17 heavy (non-hydrogen) atoms. The maximum atomic E-state index is 12.3. The molecule has 2 unspecified atom stereocenters. The Hall–Kier alpha value is -0.810. The average Bonchev–Trinajstić information content (AvgIpc) is 2.76. The van der Waals surface area contributed by atoms with E-state index in [9.17, 15) is 4.79 Å². The quantitative estimate of drug-likeness (QED) is 0.877. The van der Waals surface area contributed by atoms with Crippen molar-refractivity contribution in [3.05, 3.63) is 22.4 Å². The second kappa shape index (κ2) is 5.23. The summed E-state index contributed by atoms with van der Waals surface area (Å²) in [4.78, 5) is 17.2. The number of aromatic nitrogens is 1. The van der Waals surface area contributed by atoms with Gasteiger partial charge in [0.05, 0.1) is 0 Å². The van der Waals surface area contributed by atoms with Crippen molar-refractivity contribution in [2.75, 3.05) is 13.1 Å². The van der Waals surface area contributed by atoms with Crippen LogP contribution in [0.25, 0.3) is 0 Å². The van der Waals surface area contributed by atoms with E-state index in [1.54, 1.807) is 6.20 Å². The molecule has 0 saturated carbocycles. The van der Waals surface area contributed by atoms with Crippen molar-refractivity contribution in [1.82, 2.24) is 9.88 Å². The number of carbonyl (C=O) groups is 1. The molecule has 5 heteroatoms. The first kappa shape index (κ1) is 12.6. The van der Waals surface area contributed by atoms with Gasteiger partial charge in [-0.2, -0.15) is 0 Å². The lowest BCUT2D eigenvalue weighted by molar-refractivity contribution is 0.0561. The Bertz CT molecular complexity index is 404. The molecule has 1 saturated heterocycles. The van der Waals surface area contributed by atoms with Gasteiger partial charge in [-0.05, 0) is 54.2 Å². The number of rotatable bonds is 2. The maximum absolute atomic E-state index is 12.3. The fraction of sp³-hybridized carbons (Fsp3) is 0.583. The van der Waals surface area contributed by atoms with Gasteiger partial charge >= 0.3 is 0 Å². The minimum atomic E-state index is 0.0707. The molecule has 2 rings (SSSR count). The van der Waals surface area contributed by atoms with E-state index in [2.05, 4.69) is 27.8 Å². The Morgan fingerprint density at radius 1 is 1.65 bits per heavy atom. The molecule has 1 aliphatic rings. The first-order valence-corrected chi connectivity index (χ1v) is 6.76. The second-order valence-corrected chi connectivity index (χ2v) is 5.63. The van der Waals surface area contributed by atoms with E-state index in [-0.39, 0.29) is 5.91 Å². The number of likely N-dealkylation sites (tertiary alicyclic amines) is 1. The van der Waals surface area contributed by atoms with Crippen molar-refractivity contribution in [2.24, 2.45) is 11.7 Å². The average molecular weight is 300 g/mol. The number of piperidine rings is 1. The Kier molecular flexibility index (Phi) is 3.89. The molecule has 1 aromatic heterocycles. The van der Waals surface area contributed by atoms with Crippen LogP contribution in [0.2, 0.25) is 0 Å². The first-order chi connectivity index (χ1) is 8.11. The molecule has 1 aromatic rings. The minimum Gasteiger partial charge on any atom is -0.356 e. The van der Waals surface area contributed by atoms with E-state index in [1.807, 2.05) is 11.0 Å². The fourth-order valence-electron chi connectivity index (χ4n) is 2.30. The lowest BCUT2D eigenvalue weighted by Gasteiger charge is -2.37. The summed E-state index contributed by atoms with van der Waals surface area (Å²) in [6.07, 6.45) is 3.94. The highest BCUT2D eigenvalue weighted by atomic mass is 79.9. The summed E-state index contributed by atoms with van der Waals surface area (Å²) in [5.74, 6) is 0.509. The zero-order chi connectivity index (χ0) is 12.4. The van der Waals surface area contributed by atoms with E-state index < -0.39 is 0 Å². The largest absolute Gasteiger partial charge is 0.356 e. The topological polar surface area (TPSA) is 62.1 Å². The number of nitrogens with one attached hydrogen (secondary N) is 1. The highest BCUT2D eigenvalue weighted by Gasteiger charge is 2.29. The second-order valence-electron chi connectivity index (χ2n) is 4.72. The van der Waals surface area contributed by atoms with E-state index in [0.29, 0.717) is 24.2 Å². The van der Waals surface area contributed by atoms with Gasteiger partial charge in [0, 0.05) is 23.3 Å². The molecule has 1 fully saturated rings. The molecule has 1 amide bonds. The third-order valence-electron chi connectivity index (χ3n) is 3.45. The first-order valence-electron chi connectivity index (χ1n) is 5.96. The number of H-pyrrole nitrogens is 1. The zero-order valence-electron chi connectivity index (χ0n) is 9.95. The standard InChI is InChI=1S/C12H18BrN3O/c1-8-2-3-9(5-14)7-16(8)12(17)11-4-10(13)6-15-11/h4,6,8-9,15H,2-3,5,7,14H2,1H3. The van der Waals surface area contributed by atoms with Gasteiger partial charge in [-0.25, -0.2) is 0 Å². The van der Waals surface area contributed by atoms with Crippen molar-refractivity contribution in [2.45, 2.75) is 25.8 Å². The highest BCUT2D eigenvalue weighted by molar-refractivity contribution is 9.10. The summed E-state index contributed by atoms with van der Waals surface area (Å²) in [7, 11) is 0. The minimum absolute atomic E-state index is 0.0707. The van der Waals surface area contributed by atoms with Crippen LogP contribution in [0.5, 0.6) is 0 Å². The van der Waals surface area contributed by atoms with Crippen LogP contribution < -0.4 is 5.73 Å². The van der Waals surface area contributed by atoms with Gasteiger partial charge in [-0.1, -0.05) is 0 Å². The van der Waals surface area contributed by atoms with Gasteiger partial charge in [0.25, 0.3) is 5.91 Å². The molecule has 4 nitrogen and oxygen atoms in total. The predicted octanol–water partition coefficient (Wildman–Crippen LogP) is 1.98. The summed E-state index contributed by atoms with van der Waals surface area (Å²) < 4.78 is 0.904. The monoisotopic (exact) mass is 299 g/mol. The number of halogens is 1. The van der Waals surface area contributed by atoms with Crippen LogP contribution >= 0.6 is 15.9 Å². The number of hydrogen-bond acceptors (Lipinski definition) is 2. The summed E-state index contributed by atoms with van der Waals surface area (Å²) in [5.41, 5.74) is 6.34. The van der Waals surface area contributed by atoms with Crippen LogP contribution in [-0.2, 0) is 0 Å². The molecule has 0 aliphatic carbocycles. The van der Waals surface area contributed by atoms with E-state index in [4.69, 9.17) is 5.73 Å². The Balaban J connectivity index is 2.12. The number of amides is 1. The van der Waals surface area contributed by atoms with Gasteiger partial charge in [-0.15, -0.1) is 0 Å². The van der Waals surface area contributed by atoms with Crippen LogP contribution in [0.15, 0.2) is 16.7 Å². The van der Waals surface area contributed by atoms with Crippen molar-refractivity contribution < 1.29 is 4.79 Å². The van der Waals surface area contributed by atoms with Crippen LogP contribution in [0.1, 0.15) is 30.3 Å². The van der Waals surface area contributed by atoms with E-state index in [0.717, 1.165) is 23.9 Å². The van der Waals surface area contributed by atoms with Crippen LogP contribution in [-0.4, -0.2) is 34.9 Å². The fourth-order valence-corrected chi connectivity index (χ4v) is 2.65. The van der Waals surface area contributed by atoms with E-state index in [1.165, 1.54) is 0 Å². The molecule has 3 N–H and O–H groups in total. The summed E-state index contributed by atoms with van der Waals surface area (Å²) >= 11 is 3.34. The molecular weight excluding hydrogens is 282 g/mol. The summed E-state index contributed by atoms with van der Waals surface area (Å²) in [6.45, 7) is 3.53. The summed E-state index contributed by atoms with van der Waals surface area (Å²) in [6, 6.07) is 2.12. The Morgan fingerprint density at radius 3 is 3.00 bits per heavy atom. The lowest BCUT2D eigenvalue weighted by Crippen LogP contribution is -2.47. The molecule has 0 aromatic carbocycles. The van der Waals surface area contributed by atoms with Crippen molar-refractivity contribution in [3.63, 3.8) is 0 Å². The smallest absolute Gasteiger partial charge is 0.270 e. The van der Waals surface area contributed by atoms with Crippen molar-refractivity contribution in [1.29, 1.82) is 0 Å². The number of carbonyl (C=O) groups excluding carboxylic acids is 1. The molecule has 94 valence electrons. The van der Waals surface area contributed by atoms with Gasteiger partial charge in [0.1, 0.15) is 5.69 Å². The molecule has 2 atom stereocenters. The predicted molar refractivity (Wildman–Crippen MR) is 70.8 cm³/mol. The number of aromatic amines is 1. The highest BCUT2D eigenvalue weighted by Crippen LogP contribution is 2.23. The number of hydrogen-bond donors (Lipinski definition) is 2. The number of nitrogens with two attached hydrogens (primary N) is 1. The van der Waals surface area contributed by atoms with Gasteiger partial charge in [-0.3, -0.25) is 4.79 Å². The Labute approximate surface area is 110 Å². The van der Waals surface area contributed by atoms with Gasteiger partial charge in [0.2, 0.25) is 0 Å². The molecule has 1 aliphatic heterocycles. The molecule has 2 heterocycles. The molecular formula is C12H18BrN3O. The molecule has 0 bridgehead atoms. The SMILES string of the molecule is CC1CCC(CN)CN1C(=O)c1cc(Br)c[nH]1. The van der Waals surface area contributed by atoms with Crippen LogP contribution in [0.4, 0.5) is 0 Å². The van der Waals surface area contributed by atoms with E-state index >= 15 is 0 Å². The van der Waals surface area contributed by atoms with Crippen molar-refractivity contribution in [3.8, 4) is 0 Å². The lowest BCUT2D eigenvalue weighted by atomic mass is 9.93. The molecule has 0 spiro atoms. The summed E-state index contributed by atoms with van der Waals surface area (Å²) in [5, 5.41) is 0. The third-order valence-corrected chi connectivity index (χ3v) is 3.91. The van der Waals surface area contributed by atoms with Gasteiger partial charge in [0.15, 0.2) is 0 Å². The molecule has 0 radical (unpaired) electrons. The third kappa shape index (κ3) is 2.72. The normalized spacial score (nSPS) is 25.0. The Morgan fingerprint density at radius 2 is 2.41 bits per heavy atom. The zero-order valence-corrected chi connectivity index (χ0v) is 11.5. The van der Waals surface area contributed by atoms with Crippen LogP contribution in [0, 0.1) is 5.92 Å². The van der Waals surface area contributed by atoms with Crippen molar-refractivity contribution >= 4 is 21.8 Å².